The van der Waals surface area contributed by atoms with Crippen LogP contribution in [0.4, 0.5) is 0 Å². The first-order chi connectivity index (χ1) is 14.3. The Bertz CT molecular complexity index is 1040. The molecule has 30 heavy (non-hydrogen) atoms. The smallest absolute Gasteiger partial charge is 0.269 e. The lowest BCUT2D eigenvalue weighted by atomic mass is 10.2. The molecule has 1 fully saturated rings. The molecule has 1 saturated heterocycles. The monoisotopic (exact) mass is 567 g/mol. The van der Waals surface area contributed by atoms with Gasteiger partial charge < -0.3 is 0 Å². The van der Waals surface area contributed by atoms with Gasteiger partial charge in [-0.15, -0.1) is 0 Å². The molecule has 2 aromatic carbocycles. The van der Waals surface area contributed by atoms with Crippen LogP contribution in [0.25, 0.3) is 6.08 Å². The van der Waals surface area contributed by atoms with Gasteiger partial charge in [0.2, 0.25) is 5.91 Å². The average molecular weight is 569 g/mol. The number of halogens is 2. The van der Waals surface area contributed by atoms with Gasteiger partial charge in [0.15, 0.2) is 0 Å². The van der Waals surface area contributed by atoms with Crippen LogP contribution in [0.1, 0.15) is 22.3 Å². The standard InChI is InChI=1S/C20H15Br2N3O3S2/c21-14-6-4-13(5-7-14)18(27)24-23-17(26)8-9-25-19(28)16(30-20(25)29)11-12-2-1-3-15(22)10-12/h1-7,10-11H,8-9H2,(H,23,26)(H,24,27)/b16-11-. The van der Waals surface area contributed by atoms with Crippen molar-refractivity contribution in [3.8, 4) is 0 Å². The molecule has 0 spiro atoms. The summed E-state index contributed by atoms with van der Waals surface area (Å²) < 4.78 is 2.15. The van der Waals surface area contributed by atoms with Gasteiger partial charge in [-0.25, -0.2) is 0 Å². The van der Waals surface area contributed by atoms with E-state index in [1.165, 1.54) is 16.7 Å². The molecular formula is C20H15Br2N3O3S2. The molecule has 0 unspecified atom stereocenters. The van der Waals surface area contributed by atoms with E-state index < -0.39 is 11.8 Å². The Morgan fingerprint density at radius 1 is 1.07 bits per heavy atom. The van der Waals surface area contributed by atoms with Gasteiger partial charge in [-0.3, -0.25) is 30.1 Å². The van der Waals surface area contributed by atoms with Crippen molar-refractivity contribution in [2.24, 2.45) is 0 Å². The van der Waals surface area contributed by atoms with Crippen LogP contribution in [0.2, 0.25) is 0 Å². The van der Waals surface area contributed by atoms with Crippen molar-refractivity contribution in [2.45, 2.75) is 6.42 Å². The summed E-state index contributed by atoms with van der Waals surface area (Å²) in [6.45, 7) is 0.125. The lowest BCUT2D eigenvalue weighted by molar-refractivity contribution is -0.124. The van der Waals surface area contributed by atoms with E-state index in [9.17, 15) is 14.4 Å². The van der Waals surface area contributed by atoms with Gasteiger partial charge in [0.25, 0.3) is 11.8 Å². The fourth-order valence-corrected chi connectivity index (χ4v) is 4.51. The number of carbonyl (C=O) groups excluding carboxylic acids is 3. The Labute approximate surface area is 199 Å². The maximum atomic E-state index is 12.6. The Kier molecular flexibility index (Phi) is 7.81. The third kappa shape index (κ3) is 6.00. The number of hydrogen-bond donors (Lipinski definition) is 2. The number of hydrazine groups is 1. The second kappa shape index (κ2) is 10.3. The molecule has 0 aromatic heterocycles. The summed E-state index contributed by atoms with van der Waals surface area (Å²) in [6, 6.07) is 14.3. The number of benzene rings is 2. The SMILES string of the molecule is O=C(CCN1C(=O)/C(=C/c2cccc(Br)c2)SC1=S)NNC(=O)c1ccc(Br)cc1. The van der Waals surface area contributed by atoms with Crippen LogP contribution in [0.5, 0.6) is 0 Å². The minimum absolute atomic E-state index is 0.00275. The van der Waals surface area contributed by atoms with Gasteiger partial charge in [-0.1, -0.05) is 68.0 Å². The van der Waals surface area contributed by atoms with Crippen LogP contribution < -0.4 is 10.9 Å². The second-order valence-corrected chi connectivity index (χ2v) is 9.65. The maximum Gasteiger partial charge on any atom is 0.269 e. The van der Waals surface area contributed by atoms with Crippen molar-refractivity contribution < 1.29 is 14.4 Å². The summed E-state index contributed by atoms with van der Waals surface area (Å²) >= 11 is 13.2. The molecule has 154 valence electrons. The first kappa shape index (κ1) is 22.7. The molecule has 1 aliphatic heterocycles. The topological polar surface area (TPSA) is 78.5 Å². The van der Waals surface area contributed by atoms with Crippen molar-refractivity contribution in [3.63, 3.8) is 0 Å². The number of nitrogens with one attached hydrogen (secondary N) is 2. The van der Waals surface area contributed by atoms with Crippen molar-refractivity contribution in [3.05, 3.63) is 73.5 Å². The Morgan fingerprint density at radius 2 is 1.80 bits per heavy atom. The highest BCUT2D eigenvalue weighted by molar-refractivity contribution is 9.10. The van der Waals surface area contributed by atoms with Crippen LogP contribution in [0.15, 0.2) is 62.4 Å². The summed E-state index contributed by atoms with van der Waals surface area (Å²) in [6.07, 6.45) is 1.76. The highest BCUT2D eigenvalue weighted by Gasteiger charge is 2.32. The van der Waals surface area contributed by atoms with E-state index in [1.807, 2.05) is 24.3 Å². The van der Waals surface area contributed by atoms with E-state index in [1.54, 1.807) is 30.3 Å². The molecule has 1 aliphatic rings. The molecular weight excluding hydrogens is 554 g/mol. The van der Waals surface area contributed by atoms with Crippen LogP contribution in [-0.2, 0) is 9.59 Å². The van der Waals surface area contributed by atoms with Crippen molar-refractivity contribution >= 4 is 84.0 Å². The predicted molar refractivity (Wildman–Crippen MR) is 128 cm³/mol. The first-order valence-corrected chi connectivity index (χ1v) is 11.5. The Morgan fingerprint density at radius 3 is 2.50 bits per heavy atom. The van der Waals surface area contributed by atoms with Gasteiger partial charge in [-0.05, 0) is 48.0 Å². The largest absolute Gasteiger partial charge is 0.292 e. The molecule has 1 heterocycles. The van der Waals surface area contributed by atoms with Gasteiger partial charge in [0.05, 0.1) is 4.91 Å². The summed E-state index contributed by atoms with van der Waals surface area (Å²) in [5.41, 5.74) is 5.98. The molecule has 2 N–H and O–H groups in total. The number of hydrogen-bond acceptors (Lipinski definition) is 5. The van der Waals surface area contributed by atoms with Gasteiger partial charge >= 0.3 is 0 Å². The predicted octanol–water partition coefficient (Wildman–Crippen LogP) is 4.26. The first-order valence-electron chi connectivity index (χ1n) is 8.69. The van der Waals surface area contributed by atoms with E-state index in [-0.39, 0.29) is 18.9 Å². The highest BCUT2D eigenvalue weighted by atomic mass is 79.9. The molecule has 0 radical (unpaired) electrons. The number of rotatable bonds is 5. The van der Waals surface area contributed by atoms with Crippen LogP contribution in [0, 0.1) is 0 Å². The molecule has 6 nitrogen and oxygen atoms in total. The Balaban J connectivity index is 1.52. The second-order valence-electron chi connectivity index (χ2n) is 6.15. The van der Waals surface area contributed by atoms with Crippen molar-refractivity contribution in [1.29, 1.82) is 0 Å². The molecule has 0 aliphatic carbocycles. The number of nitrogens with zero attached hydrogens (tertiary/aromatic N) is 1. The maximum absolute atomic E-state index is 12.6. The number of thioether (sulfide) groups is 1. The highest BCUT2D eigenvalue weighted by Crippen LogP contribution is 2.32. The summed E-state index contributed by atoms with van der Waals surface area (Å²) in [4.78, 5) is 38.6. The normalized spacial score (nSPS) is 14.9. The van der Waals surface area contributed by atoms with E-state index in [0.717, 1.165) is 14.5 Å². The van der Waals surface area contributed by atoms with Crippen molar-refractivity contribution in [1.82, 2.24) is 15.8 Å². The fraction of sp³-hybridized carbons (Fsp3) is 0.100. The number of carbonyl (C=O) groups is 3. The quantitative estimate of drug-likeness (QED) is 0.320. The van der Waals surface area contributed by atoms with E-state index in [0.29, 0.717) is 14.8 Å². The summed E-state index contributed by atoms with van der Waals surface area (Å²) in [5, 5.41) is 0. The molecule has 3 amide bonds. The zero-order chi connectivity index (χ0) is 21.7. The summed E-state index contributed by atoms with van der Waals surface area (Å²) in [7, 11) is 0. The van der Waals surface area contributed by atoms with Gasteiger partial charge in [-0.2, -0.15) is 0 Å². The summed E-state index contributed by atoms with van der Waals surface area (Å²) in [5.74, 6) is -1.10. The molecule has 2 aromatic rings. The number of thiocarbonyl (C=S) groups is 1. The van der Waals surface area contributed by atoms with E-state index in [2.05, 4.69) is 42.7 Å². The Hall–Kier alpha value is -2.01. The van der Waals surface area contributed by atoms with Crippen molar-refractivity contribution in [2.75, 3.05) is 6.54 Å². The average Bonchev–Trinajstić information content (AvgIpc) is 2.97. The minimum Gasteiger partial charge on any atom is -0.292 e. The van der Waals surface area contributed by atoms with Crippen LogP contribution in [-0.4, -0.2) is 33.5 Å². The molecule has 10 heteroatoms. The zero-order valence-corrected chi connectivity index (χ0v) is 20.2. The minimum atomic E-state index is -0.432. The van der Waals surface area contributed by atoms with E-state index in [4.69, 9.17) is 12.2 Å². The molecule has 0 atom stereocenters. The van der Waals surface area contributed by atoms with Crippen LogP contribution in [0.3, 0.4) is 0 Å². The molecule has 0 bridgehead atoms. The zero-order valence-electron chi connectivity index (χ0n) is 15.4. The van der Waals surface area contributed by atoms with Gasteiger partial charge in [0.1, 0.15) is 4.32 Å². The van der Waals surface area contributed by atoms with Crippen LogP contribution >= 0.6 is 55.8 Å². The molecule has 3 rings (SSSR count). The third-order valence-corrected chi connectivity index (χ3v) is 6.40. The third-order valence-electron chi connectivity index (χ3n) is 4.00. The fourth-order valence-electron chi connectivity index (χ4n) is 2.52. The lowest BCUT2D eigenvalue weighted by Crippen LogP contribution is -2.43. The number of amides is 3. The molecule has 0 saturated carbocycles. The van der Waals surface area contributed by atoms with Gasteiger partial charge in [0, 0.05) is 27.5 Å². The van der Waals surface area contributed by atoms with E-state index >= 15 is 0 Å². The lowest BCUT2D eigenvalue weighted by Gasteiger charge is -2.14.